The topological polar surface area (TPSA) is 90.4 Å². The molecule has 5 nitrogen and oxygen atoms in total. The molecule has 112 valence electrons. The first-order valence-electron chi connectivity index (χ1n) is 6.27. The van der Waals surface area contributed by atoms with Crippen molar-refractivity contribution in [1.29, 1.82) is 0 Å². The van der Waals surface area contributed by atoms with Gasteiger partial charge in [-0.15, -0.1) is 11.3 Å². The van der Waals surface area contributed by atoms with Gasteiger partial charge < -0.3 is 21.5 Å². The Hall–Kier alpha value is -1.92. The van der Waals surface area contributed by atoms with Crippen LogP contribution in [0.15, 0.2) is 24.3 Å². The molecule has 0 radical (unpaired) electrons. The predicted molar refractivity (Wildman–Crippen MR) is 87.4 cm³/mol. The van der Waals surface area contributed by atoms with Crippen LogP contribution in [0.3, 0.4) is 0 Å². The van der Waals surface area contributed by atoms with Gasteiger partial charge in [-0.05, 0) is 24.1 Å². The van der Waals surface area contributed by atoms with E-state index in [9.17, 15) is 4.79 Å². The number of thiophene rings is 1. The number of hydrogen-bond donors (Lipinski definition) is 3. The van der Waals surface area contributed by atoms with Crippen LogP contribution in [-0.2, 0) is 6.42 Å². The fourth-order valence-corrected chi connectivity index (χ4v) is 3.00. The van der Waals surface area contributed by atoms with Crippen LogP contribution in [0.5, 0.6) is 5.75 Å². The maximum Gasteiger partial charge on any atom is 0.261 e. The van der Waals surface area contributed by atoms with Gasteiger partial charge in [-0.3, -0.25) is 4.79 Å². The molecule has 0 fully saturated rings. The molecule has 1 aromatic carbocycles. The van der Waals surface area contributed by atoms with Crippen molar-refractivity contribution < 1.29 is 9.53 Å². The second-order valence-corrected chi connectivity index (χ2v) is 5.83. The number of carbonyl (C=O) groups excluding carboxylic acids is 1. The van der Waals surface area contributed by atoms with Crippen molar-refractivity contribution in [3.05, 3.63) is 39.7 Å². The summed E-state index contributed by atoms with van der Waals surface area (Å²) in [6.45, 7) is 0.677. The zero-order valence-electron chi connectivity index (χ0n) is 11.5. The first-order chi connectivity index (χ1) is 10.0. The van der Waals surface area contributed by atoms with Crippen molar-refractivity contribution in [3.63, 3.8) is 0 Å². The van der Waals surface area contributed by atoms with Crippen molar-refractivity contribution in [2.75, 3.05) is 24.7 Å². The molecule has 5 N–H and O–H groups in total. The maximum absolute atomic E-state index is 11.3. The highest BCUT2D eigenvalue weighted by Gasteiger charge is 2.19. The van der Waals surface area contributed by atoms with Crippen molar-refractivity contribution in [1.82, 2.24) is 0 Å². The van der Waals surface area contributed by atoms with Gasteiger partial charge in [0.1, 0.15) is 15.6 Å². The van der Waals surface area contributed by atoms with E-state index >= 15 is 0 Å². The summed E-state index contributed by atoms with van der Waals surface area (Å²) >= 11 is 7.04. The number of halogens is 1. The number of hydrogen-bond acceptors (Lipinski definition) is 5. The number of primary amides is 1. The van der Waals surface area contributed by atoms with Crippen molar-refractivity contribution in [2.24, 2.45) is 5.73 Å². The summed E-state index contributed by atoms with van der Waals surface area (Å²) in [5.41, 5.74) is 12.6. The van der Waals surface area contributed by atoms with Gasteiger partial charge in [-0.1, -0.05) is 23.7 Å². The molecular formula is C14H16ClN3O2S. The predicted octanol–water partition coefficient (Wildman–Crippen LogP) is 2.75. The molecule has 0 aliphatic rings. The lowest BCUT2D eigenvalue weighted by Crippen LogP contribution is -2.10. The van der Waals surface area contributed by atoms with Crippen LogP contribution in [0.4, 0.5) is 10.7 Å². The Morgan fingerprint density at radius 1 is 1.38 bits per heavy atom. The van der Waals surface area contributed by atoms with E-state index in [0.29, 0.717) is 27.2 Å². The van der Waals surface area contributed by atoms with E-state index in [1.54, 1.807) is 0 Å². The van der Waals surface area contributed by atoms with E-state index < -0.39 is 5.91 Å². The molecule has 1 aromatic heterocycles. The van der Waals surface area contributed by atoms with Crippen LogP contribution in [0.2, 0.25) is 5.02 Å². The normalized spacial score (nSPS) is 10.4. The quantitative estimate of drug-likeness (QED) is 0.761. The minimum atomic E-state index is -0.554. The molecular weight excluding hydrogens is 310 g/mol. The molecule has 21 heavy (non-hydrogen) atoms. The fourth-order valence-electron chi connectivity index (χ4n) is 1.90. The third kappa shape index (κ3) is 3.59. The number of benzene rings is 1. The molecule has 7 heteroatoms. The highest BCUT2D eigenvalue weighted by atomic mass is 35.5. The Balaban J connectivity index is 2.04. The summed E-state index contributed by atoms with van der Waals surface area (Å²) in [5, 5.41) is 4.64. The van der Waals surface area contributed by atoms with E-state index in [1.807, 2.05) is 24.3 Å². The number of nitrogen functional groups attached to an aromatic ring is 1. The lowest BCUT2D eigenvalue weighted by molar-refractivity contribution is 0.100. The first-order valence-corrected chi connectivity index (χ1v) is 7.46. The number of carbonyl (C=O) groups is 1. The molecule has 0 saturated heterocycles. The van der Waals surface area contributed by atoms with Gasteiger partial charge in [0, 0.05) is 11.6 Å². The van der Waals surface area contributed by atoms with Crippen LogP contribution in [0.25, 0.3) is 0 Å². The minimum absolute atomic E-state index is 0.281. The van der Waals surface area contributed by atoms with Crippen molar-refractivity contribution in [2.45, 2.75) is 6.42 Å². The number of nitrogens with one attached hydrogen (secondary N) is 1. The number of methoxy groups -OCH3 is 1. The molecule has 2 rings (SSSR count). The Labute approximate surface area is 131 Å². The number of nitrogens with two attached hydrogens (primary N) is 2. The van der Waals surface area contributed by atoms with Crippen molar-refractivity contribution >= 4 is 39.5 Å². The Morgan fingerprint density at radius 2 is 2.05 bits per heavy atom. The van der Waals surface area contributed by atoms with E-state index in [4.69, 9.17) is 27.8 Å². The third-order valence-electron chi connectivity index (χ3n) is 2.94. The molecule has 0 saturated carbocycles. The van der Waals surface area contributed by atoms with Gasteiger partial charge in [0.25, 0.3) is 5.91 Å². The summed E-state index contributed by atoms with van der Waals surface area (Å²) in [7, 11) is 1.51. The van der Waals surface area contributed by atoms with Crippen LogP contribution in [0.1, 0.15) is 15.2 Å². The van der Waals surface area contributed by atoms with Crippen molar-refractivity contribution in [3.8, 4) is 5.75 Å². The second-order valence-electron chi connectivity index (χ2n) is 4.37. The van der Waals surface area contributed by atoms with Gasteiger partial charge >= 0.3 is 0 Å². The Kier molecular flexibility index (Phi) is 4.93. The average molecular weight is 326 g/mol. The molecule has 0 bridgehead atoms. The minimum Gasteiger partial charge on any atom is -0.492 e. The first kappa shape index (κ1) is 15.5. The highest BCUT2D eigenvalue weighted by Crippen LogP contribution is 2.42. The number of ether oxygens (including phenoxy) is 1. The molecule has 0 aliphatic carbocycles. The third-order valence-corrected chi connectivity index (χ3v) is 4.35. The monoisotopic (exact) mass is 325 g/mol. The zero-order valence-corrected chi connectivity index (χ0v) is 13.1. The maximum atomic E-state index is 11.3. The largest absolute Gasteiger partial charge is 0.492 e. The van der Waals surface area contributed by atoms with Crippen LogP contribution in [0, 0.1) is 0 Å². The fraction of sp³-hybridized carbons (Fsp3) is 0.214. The SMILES string of the molecule is COc1c(NCCc2ccc(Cl)cc2)sc(C(N)=O)c1N. The van der Waals surface area contributed by atoms with Gasteiger partial charge in [-0.25, -0.2) is 0 Å². The summed E-state index contributed by atoms with van der Waals surface area (Å²) in [6, 6.07) is 7.65. The average Bonchev–Trinajstić information content (AvgIpc) is 2.77. The second kappa shape index (κ2) is 6.69. The number of rotatable bonds is 6. The van der Waals surface area contributed by atoms with E-state index in [2.05, 4.69) is 5.32 Å². The summed E-state index contributed by atoms with van der Waals surface area (Å²) in [6.07, 6.45) is 0.810. The highest BCUT2D eigenvalue weighted by molar-refractivity contribution is 7.19. The van der Waals surface area contributed by atoms with E-state index in [0.717, 1.165) is 12.0 Å². The molecule has 2 aromatic rings. The van der Waals surface area contributed by atoms with Gasteiger partial charge in [0.05, 0.1) is 7.11 Å². The molecule has 0 aliphatic heterocycles. The molecule has 1 amide bonds. The zero-order chi connectivity index (χ0) is 15.4. The van der Waals surface area contributed by atoms with Gasteiger partial charge in [0.15, 0.2) is 5.75 Å². The van der Waals surface area contributed by atoms with Gasteiger partial charge in [-0.2, -0.15) is 0 Å². The molecule has 0 atom stereocenters. The summed E-state index contributed by atoms with van der Waals surface area (Å²) in [4.78, 5) is 11.6. The number of amides is 1. The molecule has 0 unspecified atom stereocenters. The van der Waals surface area contributed by atoms with Crippen LogP contribution in [-0.4, -0.2) is 19.6 Å². The smallest absolute Gasteiger partial charge is 0.261 e. The van der Waals surface area contributed by atoms with Gasteiger partial charge in [0.2, 0.25) is 0 Å². The lowest BCUT2D eigenvalue weighted by atomic mass is 10.1. The van der Waals surface area contributed by atoms with E-state index in [-0.39, 0.29) is 5.69 Å². The van der Waals surface area contributed by atoms with Crippen LogP contribution >= 0.6 is 22.9 Å². The summed E-state index contributed by atoms with van der Waals surface area (Å²) < 4.78 is 5.22. The van der Waals surface area contributed by atoms with Crippen LogP contribution < -0.4 is 21.5 Å². The standard InChI is InChI=1S/C14H16ClN3O2S/c1-20-11-10(16)12(13(17)19)21-14(11)18-7-6-8-2-4-9(15)5-3-8/h2-5,18H,6-7,16H2,1H3,(H2,17,19). The van der Waals surface area contributed by atoms with E-state index in [1.165, 1.54) is 18.4 Å². The molecule has 1 heterocycles. The Morgan fingerprint density at radius 3 is 2.62 bits per heavy atom. The molecule has 0 spiro atoms. The Bertz CT molecular complexity index is 640. The number of anilines is 2. The summed E-state index contributed by atoms with van der Waals surface area (Å²) in [5.74, 6) is -0.0912. The lowest BCUT2D eigenvalue weighted by Gasteiger charge is -2.07.